The summed E-state index contributed by atoms with van der Waals surface area (Å²) in [6, 6.07) is 3.59. The summed E-state index contributed by atoms with van der Waals surface area (Å²) in [6.07, 6.45) is -0.986. The van der Waals surface area contributed by atoms with Crippen LogP contribution in [0.15, 0.2) is 21.1 Å². The van der Waals surface area contributed by atoms with Crippen LogP contribution in [-0.4, -0.2) is 59.6 Å². The van der Waals surface area contributed by atoms with Crippen LogP contribution >= 0.6 is 31.9 Å². The number of nitrogens with zero attached hydrogens (tertiary/aromatic N) is 1. The number of phenols is 1. The van der Waals surface area contributed by atoms with Gasteiger partial charge in [0.05, 0.1) is 4.47 Å². The maximum Gasteiger partial charge on any atom is 0.407 e. The zero-order valence-electron chi connectivity index (χ0n) is 19.0. The van der Waals surface area contributed by atoms with E-state index in [0.29, 0.717) is 42.8 Å². The predicted octanol–water partition coefficient (Wildman–Crippen LogP) is 4.77. The van der Waals surface area contributed by atoms with E-state index in [1.54, 1.807) is 47.6 Å². The van der Waals surface area contributed by atoms with Gasteiger partial charge in [-0.2, -0.15) is 0 Å². The normalized spacial score (nSPS) is 11.9. The van der Waals surface area contributed by atoms with Gasteiger partial charge in [-0.3, -0.25) is 4.90 Å². The molecule has 1 rings (SSSR count). The highest BCUT2D eigenvalue weighted by Crippen LogP contribution is 2.32. The summed E-state index contributed by atoms with van der Waals surface area (Å²) in [5.74, 6) is 0.147. The van der Waals surface area contributed by atoms with Crippen LogP contribution in [0.4, 0.5) is 9.59 Å². The molecule has 0 aliphatic rings. The fraction of sp³-hybridized carbons (Fsp3) is 0.619. The number of alkyl carbamates (subject to hydrolysis) is 2. The molecule has 0 fully saturated rings. The molecule has 0 unspecified atom stereocenters. The highest BCUT2D eigenvalue weighted by atomic mass is 79.9. The van der Waals surface area contributed by atoms with Gasteiger partial charge in [-0.05, 0) is 69.6 Å². The summed E-state index contributed by atoms with van der Waals surface area (Å²) < 4.78 is 11.9. The van der Waals surface area contributed by atoms with Gasteiger partial charge in [-0.1, -0.05) is 15.9 Å². The van der Waals surface area contributed by atoms with Crippen LogP contribution in [0.3, 0.4) is 0 Å². The summed E-state index contributed by atoms with van der Waals surface area (Å²) in [7, 11) is 0. The van der Waals surface area contributed by atoms with Gasteiger partial charge >= 0.3 is 12.2 Å². The molecule has 176 valence electrons. The molecular formula is C21H33Br2N3O5. The molecule has 3 N–H and O–H groups in total. The molecule has 2 amide bonds. The number of ether oxygens (including phenoxy) is 2. The Morgan fingerprint density at radius 1 is 0.935 bits per heavy atom. The number of phenolic OH excluding ortho intramolecular Hbond substituents is 1. The molecule has 0 saturated carbocycles. The van der Waals surface area contributed by atoms with Gasteiger partial charge in [0.25, 0.3) is 0 Å². The Hall–Kier alpha value is -1.52. The number of halogens is 2. The van der Waals surface area contributed by atoms with Gasteiger partial charge in [0.1, 0.15) is 17.0 Å². The fourth-order valence-electron chi connectivity index (χ4n) is 2.51. The number of rotatable bonds is 8. The van der Waals surface area contributed by atoms with E-state index >= 15 is 0 Å². The minimum atomic E-state index is -0.574. The second kappa shape index (κ2) is 11.9. The third-order valence-corrected chi connectivity index (χ3v) is 4.76. The molecule has 0 aliphatic carbocycles. The van der Waals surface area contributed by atoms with E-state index in [0.717, 1.165) is 4.47 Å². The molecule has 0 atom stereocenters. The lowest BCUT2D eigenvalue weighted by Crippen LogP contribution is -2.41. The van der Waals surface area contributed by atoms with Crippen molar-refractivity contribution in [3.05, 3.63) is 26.6 Å². The first kappa shape index (κ1) is 27.5. The Bertz CT molecular complexity index is 727. The molecule has 0 spiro atoms. The SMILES string of the molecule is CC(C)(C)OC(=O)NCCN(CCNC(=O)OC(C)(C)C)Cc1cc(Br)cc(Br)c1O. The van der Waals surface area contributed by atoms with Crippen molar-refractivity contribution in [1.82, 2.24) is 15.5 Å². The van der Waals surface area contributed by atoms with E-state index in [1.807, 2.05) is 11.0 Å². The van der Waals surface area contributed by atoms with Gasteiger partial charge in [0.2, 0.25) is 0 Å². The van der Waals surface area contributed by atoms with Crippen molar-refractivity contribution < 1.29 is 24.2 Å². The Kier molecular flexibility index (Phi) is 10.6. The fourth-order valence-corrected chi connectivity index (χ4v) is 3.82. The standard InChI is InChI=1S/C21H33Br2N3O5/c1-20(2,3)30-18(28)24-7-9-26(10-8-25-19(29)31-21(4,5)6)13-14-11-15(22)12-16(23)17(14)27/h11-12,27H,7-10,13H2,1-6H3,(H,24,28)(H,25,29). The lowest BCUT2D eigenvalue weighted by atomic mass is 10.2. The number of carbonyl (C=O) groups excluding carboxylic acids is 2. The Balaban J connectivity index is 2.73. The topological polar surface area (TPSA) is 100 Å². The average molecular weight is 567 g/mol. The van der Waals surface area contributed by atoms with Gasteiger partial charge in [-0.25, -0.2) is 9.59 Å². The average Bonchev–Trinajstić information content (AvgIpc) is 2.55. The molecule has 0 bridgehead atoms. The summed E-state index contributed by atoms with van der Waals surface area (Å²) in [6.45, 7) is 12.9. The van der Waals surface area contributed by atoms with Gasteiger partial charge < -0.3 is 25.2 Å². The molecule has 31 heavy (non-hydrogen) atoms. The van der Waals surface area contributed by atoms with Crippen LogP contribution in [0.1, 0.15) is 47.1 Å². The first-order valence-electron chi connectivity index (χ1n) is 9.99. The third-order valence-electron chi connectivity index (χ3n) is 3.69. The zero-order chi connectivity index (χ0) is 23.8. The maximum absolute atomic E-state index is 11.9. The van der Waals surface area contributed by atoms with Gasteiger partial charge in [0, 0.05) is 42.8 Å². The number of hydrogen-bond acceptors (Lipinski definition) is 6. The van der Waals surface area contributed by atoms with E-state index in [1.165, 1.54) is 0 Å². The van der Waals surface area contributed by atoms with Crippen LogP contribution in [0, 0.1) is 0 Å². The minimum absolute atomic E-state index is 0.147. The Morgan fingerprint density at radius 3 is 1.81 bits per heavy atom. The second-order valence-corrected chi connectivity index (χ2v) is 10.8. The van der Waals surface area contributed by atoms with Crippen LogP contribution in [-0.2, 0) is 16.0 Å². The Morgan fingerprint density at radius 2 is 1.39 bits per heavy atom. The van der Waals surface area contributed by atoms with Gasteiger partial charge in [-0.15, -0.1) is 0 Å². The summed E-state index contributed by atoms with van der Waals surface area (Å²) in [5, 5.41) is 15.8. The van der Waals surface area contributed by atoms with Crippen molar-refractivity contribution in [2.24, 2.45) is 0 Å². The summed E-state index contributed by atoms with van der Waals surface area (Å²) >= 11 is 6.77. The number of amides is 2. The molecular weight excluding hydrogens is 534 g/mol. The summed E-state index contributed by atoms with van der Waals surface area (Å²) in [5.41, 5.74) is -0.443. The smallest absolute Gasteiger partial charge is 0.407 e. The van der Waals surface area contributed by atoms with Crippen molar-refractivity contribution in [2.45, 2.75) is 59.3 Å². The first-order chi connectivity index (χ1) is 14.2. The van der Waals surface area contributed by atoms with Crippen LogP contribution in [0.2, 0.25) is 0 Å². The monoisotopic (exact) mass is 565 g/mol. The van der Waals surface area contributed by atoms with Crippen LogP contribution in [0.25, 0.3) is 0 Å². The minimum Gasteiger partial charge on any atom is -0.506 e. The predicted molar refractivity (Wildman–Crippen MR) is 127 cm³/mol. The molecule has 1 aromatic rings. The number of nitrogens with one attached hydrogen (secondary N) is 2. The van der Waals surface area contributed by atoms with Crippen molar-refractivity contribution in [3.63, 3.8) is 0 Å². The van der Waals surface area contributed by atoms with E-state index in [4.69, 9.17) is 9.47 Å². The second-order valence-electron chi connectivity index (χ2n) is 9.03. The molecule has 1 aromatic carbocycles. The molecule has 0 radical (unpaired) electrons. The molecule has 10 heteroatoms. The van der Waals surface area contributed by atoms with Crippen LogP contribution < -0.4 is 10.6 Å². The molecule has 0 saturated heterocycles. The molecule has 0 aliphatic heterocycles. The largest absolute Gasteiger partial charge is 0.506 e. The van der Waals surface area contributed by atoms with Crippen molar-refractivity contribution in [1.29, 1.82) is 0 Å². The van der Waals surface area contributed by atoms with Crippen molar-refractivity contribution >= 4 is 44.0 Å². The maximum atomic E-state index is 11.9. The lowest BCUT2D eigenvalue weighted by Gasteiger charge is -2.25. The Labute approximate surface area is 201 Å². The number of aromatic hydroxyl groups is 1. The summed E-state index contributed by atoms with van der Waals surface area (Å²) in [4.78, 5) is 25.8. The zero-order valence-corrected chi connectivity index (χ0v) is 22.1. The highest BCUT2D eigenvalue weighted by molar-refractivity contribution is 9.11. The highest BCUT2D eigenvalue weighted by Gasteiger charge is 2.18. The molecule has 0 heterocycles. The third kappa shape index (κ3) is 12.2. The van der Waals surface area contributed by atoms with E-state index in [2.05, 4.69) is 42.5 Å². The molecule has 8 nitrogen and oxygen atoms in total. The number of carbonyl (C=O) groups is 2. The molecule has 0 aromatic heterocycles. The van der Waals surface area contributed by atoms with Crippen LogP contribution in [0.5, 0.6) is 5.75 Å². The van der Waals surface area contributed by atoms with E-state index < -0.39 is 23.4 Å². The van der Waals surface area contributed by atoms with E-state index in [9.17, 15) is 14.7 Å². The van der Waals surface area contributed by atoms with Crippen molar-refractivity contribution in [2.75, 3.05) is 26.2 Å². The number of benzene rings is 1. The first-order valence-corrected chi connectivity index (χ1v) is 11.6. The quantitative estimate of drug-likeness (QED) is 0.419. The van der Waals surface area contributed by atoms with E-state index in [-0.39, 0.29) is 5.75 Å². The van der Waals surface area contributed by atoms with Crippen molar-refractivity contribution in [3.8, 4) is 5.75 Å². The number of hydrogen-bond donors (Lipinski definition) is 3. The lowest BCUT2D eigenvalue weighted by molar-refractivity contribution is 0.0520. The van der Waals surface area contributed by atoms with Gasteiger partial charge in [0.15, 0.2) is 0 Å².